The summed E-state index contributed by atoms with van der Waals surface area (Å²) in [6.07, 6.45) is 4.52. The van der Waals surface area contributed by atoms with Crippen molar-refractivity contribution in [1.82, 2.24) is 30.2 Å². The summed E-state index contributed by atoms with van der Waals surface area (Å²) < 4.78 is 36.0. The molecule has 3 N–H and O–H groups in total. The van der Waals surface area contributed by atoms with Crippen molar-refractivity contribution >= 4 is 46.3 Å². The average molecular weight is 539 g/mol. The van der Waals surface area contributed by atoms with Crippen LogP contribution in [0.25, 0.3) is 21.9 Å². The Bertz CT molecular complexity index is 1600. The third-order valence-electron chi connectivity index (χ3n) is 7.43. The number of hydrogen-bond donors (Lipinski definition) is 3. The van der Waals surface area contributed by atoms with Gasteiger partial charge in [-0.15, -0.1) is 0 Å². The van der Waals surface area contributed by atoms with Crippen LogP contribution < -0.4 is 19.9 Å². The summed E-state index contributed by atoms with van der Waals surface area (Å²) >= 11 is 0. The normalized spacial score (nSPS) is 20.9. The van der Waals surface area contributed by atoms with Crippen molar-refractivity contribution in [3.63, 3.8) is 0 Å². The van der Waals surface area contributed by atoms with E-state index in [1.807, 2.05) is 4.90 Å². The van der Waals surface area contributed by atoms with Gasteiger partial charge < -0.3 is 29.9 Å². The number of ether oxygens (including phenoxy) is 1. The number of anilines is 2. The first-order valence-corrected chi connectivity index (χ1v) is 12.3. The zero-order valence-electron chi connectivity index (χ0n) is 20.9. The van der Waals surface area contributed by atoms with Gasteiger partial charge in [-0.05, 0) is 25.7 Å². The van der Waals surface area contributed by atoms with Crippen LogP contribution in [0.15, 0.2) is 18.5 Å². The van der Waals surface area contributed by atoms with E-state index in [1.54, 1.807) is 0 Å². The maximum atomic E-state index is 15.4. The smallest absolute Gasteiger partial charge is 0.326 e. The number of aliphatic hydroxyl groups is 1. The topological polar surface area (TPSA) is 149 Å². The predicted molar refractivity (Wildman–Crippen MR) is 135 cm³/mol. The fourth-order valence-electron chi connectivity index (χ4n) is 5.63. The molecule has 1 aromatic carbocycles. The van der Waals surface area contributed by atoms with Gasteiger partial charge in [0, 0.05) is 31.7 Å². The van der Waals surface area contributed by atoms with Gasteiger partial charge in [0.15, 0.2) is 23.2 Å². The summed E-state index contributed by atoms with van der Waals surface area (Å²) in [6.45, 7) is 2.06. The Balaban J connectivity index is 1.52. The Morgan fingerprint density at radius 3 is 2.64 bits per heavy atom. The SMILES string of the molecule is C[C@@H](O)c1ncc(Oc2nc(N3C[C@H]4C[C@@H]3C[C@@H]4NC=O)c3c(n2)[nH]c2c(N(C)C=O)cc(F)c(F)c23)cn1. The Hall–Kier alpha value is -4.46. The number of rotatable bonds is 8. The molecule has 4 aromatic rings. The van der Waals surface area contributed by atoms with Crippen molar-refractivity contribution in [2.24, 2.45) is 5.92 Å². The van der Waals surface area contributed by atoms with Crippen LogP contribution in [0, 0.1) is 17.6 Å². The lowest BCUT2D eigenvalue weighted by Gasteiger charge is -2.32. The molecule has 0 radical (unpaired) electrons. The van der Waals surface area contributed by atoms with Crippen molar-refractivity contribution in [2.75, 3.05) is 23.4 Å². The highest BCUT2D eigenvalue weighted by Crippen LogP contribution is 2.45. The molecule has 2 aliphatic rings. The van der Waals surface area contributed by atoms with Gasteiger partial charge in [-0.1, -0.05) is 0 Å². The number of aliphatic hydroxyl groups excluding tert-OH is 1. The molecule has 4 atom stereocenters. The number of nitrogens with zero attached hydrogens (tertiary/aromatic N) is 6. The molecule has 39 heavy (non-hydrogen) atoms. The Morgan fingerprint density at radius 2 is 2.00 bits per heavy atom. The molecule has 4 heterocycles. The van der Waals surface area contributed by atoms with Gasteiger partial charge in [0.25, 0.3) is 0 Å². The van der Waals surface area contributed by atoms with Gasteiger partial charge >= 0.3 is 6.01 Å². The molecule has 1 saturated heterocycles. The number of fused-ring (bicyclic) bond motifs is 5. The number of nitrogens with one attached hydrogen (secondary N) is 2. The zero-order valence-corrected chi connectivity index (χ0v) is 20.9. The number of carbonyl (C=O) groups is 2. The Morgan fingerprint density at radius 1 is 1.23 bits per heavy atom. The van der Waals surface area contributed by atoms with Crippen molar-refractivity contribution in [2.45, 2.75) is 38.0 Å². The molecule has 1 saturated carbocycles. The summed E-state index contributed by atoms with van der Waals surface area (Å²) in [6, 6.07) is 0.867. The number of aromatic nitrogens is 5. The first-order valence-electron chi connectivity index (χ1n) is 12.3. The van der Waals surface area contributed by atoms with Crippen molar-refractivity contribution in [3.05, 3.63) is 35.9 Å². The summed E-state index contributed by atoms with van der Waals surface area (Å²) in [7, 11) is 1.43. The second-order valence-corrected chi connectivity index (χ2v) is 9.82. The van der Waals surface area contributed by atoms with Crippen molar-refractivity contribution in [3.8, 4) is 11.8 Å². The molecule has 1 aliphatic carbocycles. The van der Waals surface area contributed by atoms with E-state index in [0.717, 1.165) is 17.4 Å². The van der Waals surface area contributed by atoms with E-state index < -0.39 is 17.7 Å². The number of amides is 2. The van der Waals surface area contributed by atoms with Gasteiger partial charge in [0.2, 0.25) is 12.8 Å². The first-order chi connectivity index (χ1) is 18.8. The maximum absolute atomic E-state index is 15.4. The number of halogens is 2. The molecule has 3 aromatic heterocycles. The zero-order chi connectivity index (χ0) is 27.4. The second kappa shape index (κ2) is 9.38. The number of aromatic amines is 1. The Labute approximate surface area is 220 Å². The third-order valence-corrected chi connectivity index (χ3v) is 7.43. The fraction of sp³-hybridized carbons (Fsp3) is 0.360. The minimum absolute atomic E-state index is 0.00857. The lowest BCUT2D eigenvalue weighted by atomic mass is 10.0. The Kier molecular flexibility index (Phi) is 5.98. The number of piperidine rings is 1. The molecular formula is C25H24F2N8O4. The monoisotopic (exact) mass is 538 g/mol. The molecule has 0 spiro atoms. The van der Waals surface area contributed by atoms with Crippen LogP contribution in [0.2, 0.25) is 0 Å². The van der Waals surface area contributed by atoms with E-state index in [-0.39, 0.29) is 63.2 Å². The average Bonchev–Trinajstić information content (AvgIpc) is 3.63. The molecule has 0 unspecified atom stereocenters. The number of hydrogen-bond acceptors (Lipinski definition) is 9. The standard InChI is InChI=1S/C25H24F2N8O4/c1-11(38)22-28-6-14(7-29-22)39-25-32-23-19(18-20(27)15(26)5-17(21(18)31-23)34(2)10-37)24(33-25)35-8-12-3-13(35)4-16(12)30-9-36/h5-7,9-13,16,38H,3-4,8H2,1-2H3,(H,30,36)(H,31,32,33)/t11-,12-,13-,16+/m1/s1. The molecular weight excluding hydrogens is 514 g/mol. The first kappa shape index (κ1) is 24.9. The van der Waals surface area contributed by atoms with Gasteiger partial charge in [0.1, 0.15) is 17.6 Å². The highest BCUT2D eigenvalue weighted by molar-refractivity contribution is 6.16. The van der Waals surface area contributed by atoms with Crippen molar-refractivity contribution < 1.29 is 28.2 Å². The van der Waals surface area contributed by atoms with E-state index >= 15 is 4.39 Å². The molecule has 1 aliphatic heterocycles. The van der Waals surface area contributed by atoms with E-state index in [4.69, 9.17) is 4.74 Å². The largest absolute Gasteiger partial charge is 0.421 e. The number of benzene rings is 1. The predicted octanol–water partition coefficient (Wildman–Crippen LogP) is 2.33. The van der Waals surface area contributed by atoms with Crippen LogP contribution in [-0.2, 0) is 9.59 Å². The van der Waals surface area contributed by atoms with E-state index in [9.17, 15) is 19.1 Å². The summed E-state index contributed by atoms with van der Waals surface area (Å²) in [5.74, 6) is -1.30. The van der Waals surface area contributed by atoms with Crippen LogP contribution in [0.5, 0.6) is 11.8 Å². The van der Waals surface area contributed by atoms with Crippen LogP contribution in [-0.4, -0.2) is 68.5 Å². The van der Waals surface area contributed by atoms with Crippen LogP contribution >= 0.6 is 0 Å². The minimum atomic E-state index is -1.12. The fourth-order valence-corrected chi connectivity index (χ4v) is 5.63. The maximum Gasteiger partial charge on any atom is 0.326 e. The van der Waals surface area contributed by atoms with Crippen molar-refractivity contribution in [1.29, 1.82) is 0 Å². The van der Waals surface area contributed by atoms with Crippen LogP contribution in [0.3, 0.4) is 0 Å². The summed E-state index contributed by atoms with van der Waals surface area (Å²) in [5.41, 5.74) is 0.494. The summed E-state index contributed by atoms with van der Waals surface area (Å²) in [5, 5.41) is 12.7. The molecule has 202 valence electrons. The molecule has 14 heteroatoms. The van der Waals surface area contributed by atoms with E-state index in [2.05, 4.69) is 30.2 Å². The lowest BCUT2D eigenvalue weighted by molar-refractivity contribution is -0.110. The summed E-state index contributed by atoms with van der Waals surface area (Å²) in [4.78, 5) is 45.9. The van der Waals surface area contributed by atoms with Gasteiger partial charge in [-0.3, -0.25) is 9.59 Å². The molecule has 12 nitrogen and oxygen atoms in total. The quantitative estimate of drug-likeness (QED) is 0.287. The molecule has 2 bridgehead atoms. The minimum Gasteiger partial charge on any atom is -0.421 e. The van der Waals surface area contributed by atoms with Gasteiger partial charge in [0.05, 0.1) is 34.4 Å². The van der Waals surface area contributed by atoms with Gasteiger partial charge in [-0.25, -0.2) is 18.7 Å². The van der Waals surface area contributed by atoms with E-state index in [1.165, 1.54) is 26.4 Å². The van der Waals surface area contributed by atoms with Gasteiger partial charge in [-0.2, -0.15) is 9.97 Å². The highest BCUT2D eigenvalue weighted by Gasteiger charge is 2.46. The van der Waals surface area contributed by atoms with E-state index in [0.29, 0.717) is 31.6 Å². The third kappa shape index (κ3) is 4.07. The van der Waals surface area contributed by atoms with Crippen LogP contribution in [0.1, 0.15) is 31.7 Å². The molecule has 2 fully saturated rings. The molecule has 2 amide bonds. The lowest BCUT2D eigenvalue weighted by Crippen LogP contribution is -2.43. The highest BCUT2D eigenvalue weighted by atomic mass is 19.2. The van der Waals surface area contributed by atoms with Crippen LogP contribution in [0.4, 0.5) is 20.3 Å². The number of carbonyl (C=O) groups excluding carboxylic acids is 2. The number of H-pyrrole nitrogens is 1. The second-order valence-electron chi connectivity index (χ2n) is 9.82. The molecule has 6 rings (SSSR count).